The Morgan fingerprint density at radius 2 is 1.92 bits per heavy atom. The molecule has 39 heavy (non-hydrogen) atoms. The number of nitrogens with one attached hydrogen (secondary N) is 1. The molecule has 0 aromatic heterocycles. The summed E-state index contributed by atoms with van der Waals surface area (Å²) < 4.78 is 5.59. The van der Waals surface area contributed by atoms with Gasteiger partial charge in [-0.1, -0.05) is 43.7 Å². The first-order valence-electron chi connectivity index (χ1n) is 14.3. The van der Waals surface area contributed by atoms with Crippen LogP contribution in [0, 0.1) is 40.9 Å². The molecular weight excluding hydrogens is 496 g/mol. The van der Waals surface area contributed by atoms with Crippen LogP contribution >= 0.6 is 0 Å². The second kappa shape index (κ2) is 8.62. The van der Waals surface area contributed by atoms with Gasteiger partial charge in [-0.05, 0) is 75.3 Å². The minimum Gasteiger partial charge on any atom is -0.462 e. The summed E-state index contributed by atoms with van der Waals surface area (Å²) in [4.78, 5) is 30.0. The molecule has 0 radical (unpaired) electrons. The molecule has 6 rings (SSSR count). The van der Waals surface area contributed by atoms with Crippen molar-refractivity contribution in [2.75, 3.05) is 32.1 Å². The first-order valence-corrected chi connectivity index (χ1v) is 14.3. The molecule has 3 heterocycles. The van der Waals surface area contributed by atoms with E-state index >= 15 is 0 Å². The van der Waals surface area contributed by atoms with Crippen LogP contribution in [0.3, 0.4) is 0 Å². The number of esters is 1. The van der Waals surface area contributed by atoms with Gasteiger partial charge in [-0.25, -0.2) is 0 Å². The van der Waals surface area contributed by atoms with Crippen molar-refractivity contribution in [1.29, 1.82) is 0 Å². The van der Waals surface area contributed by atoms with Crippen LogP contribution in [0.1, 0.15) is 57.1 Å². The normalized spacial score (nSPS) is 45.5. The zero-order chi connectivity index (χ0) is 28.1. The number of hydrogen-bond donors (Lipinski definition) is 4. The zero-order valence-electron chi connectivity index (χ0n) is 23.5. The largest absolute Gasteiger partial charge is 0.462 e. The average Bonchev–Trinajstić information content (AvgIpc) is 3.46. The van der Waals surface area contributed by atoms with Crippen LogP contribution in [-0.2, 0) is 19.9 Å². The van der Waals surface area contributed by atoms with Crippen molar-refractivity contribution in [1.82, 2.24) is 4.90 Å². The van der Waals surface area contributed by atoms with Crippen molar-refractivity contribution >= 4 is 17.6 Å². The van der Waals surface area contributed by atoms with E-state index in [0.717, 1.165) is 36.0 Å². The van der Waals surface area contributed by atoms with Crippen LogP contribution < -0.4 is 5.32 Å². The van der Waals surface area contributed by atoms with Gasteiger partial charge in [0.15, 0.2) is 0 Å². The molecule has 2 aliphatic carbocycles. The van der Waals surface area contributed by atoms with Crippen LogP contribution in [-0.4, -0.2) is 71.1 Å². The summed E-state index contributed by atoms with van der Waals surface area (Å²) in [5.74, 6) is -1.10. The third-order valence-corrected chi connectivity index (χ3v) is 11.9. The Hall–Kier alpha value is -2.26. The van der Waals surface area contributed by atoms with Crippen LogP contribution in [0.4, 0.5) is 5.69 Å². The molecule has 8 nitrogen and oxygen atoms in total. The number of anilines is 1. The van der Waals surface area contributed by atoms with Gasteiger partial charge in [-0.15, -0.1) is 0 Å². The molecule has 212 valence electrons. The minimum absolute atomic E-state index is 0.00194. The zero-order valence-corrected chi connectivity index (χ0v) is 23.5. The molecule has 5 aliphatic rings. The highest BCUT2D eigenvalue weighted by molar-refractivity contribution is 6.10. The number of carbonyl (C=O) groups excluding carboxylic acids is 2. The van der Waals surface area contributed by atoms with E-state index in [1.165, 1.54) is 0 Å². The summed E-state index contributed by atoms with van der Waals surface area (Å²) in [6.07, 6.45) is 1.85. The van der Waals surface area contributed by atoms with E-state index in [1.54, 1.807) is 0 Å². The lowest BCUT2D eigenvalue weighted by molar-refractivity contribution is -0.165. The highest BCUT2D eigenvalue weighted by Gasteiger charge is 2.79. The fraction of sp³-hybridized carbons (Fsp3) is 0.677. The number of nitrogens with zero attached hydrogens (tertiary/aromatic N) is 1. The second-order valence-electron chi connectivity index (χ2n) is 13.5. The number of fused-ring (bicyclic) bond motifs is 4. The van der Waals surface area contributed by atoms with E-state index in [0.29, 0.717) is 25.1 Å². The molecule has 1 unspecified atom stereocenters. The lowest BCUT2D eigenvalue weighted by Gasteiger charge is -2.60. The molecule has 1 aromatic carbocycles. The second-order valence-corrected chi connectivity index (χ2v) is 13.5. The van der Waals surface area contributed by atoms with E-state index in [2.05, 4.69) is 18.8 Å². The van der Waals surface area contributed by atoms with Crippen LogP contribution in [0.25, 0.3) is 0 Å². The molecule has 1 amide bonds. The SMILES string of the molecule is C=C1CC[C@@H]2[C@](C)(CO)[C@H](O)CC[C@@]2(C)[C@@H]1CC1CN(C)[C@@]2(C(=O)Nc3ccc(C)cc32)[C@]12C(=O)OC[C@@H]2O. The van der Waals surface area contributed by atoms with Crippen molar-refractivity contribution in [2.24, 2.45) is 34.0 Å². The van der Waals surface area contributed by atoms with Crippen LogP contribution in [0.15, 0.2) is 30.4 Å². The van der Waals surface area contributed by atoms with E-state index in [9.17, 15) is 24.9 Å². The average molecular weight is 539 g/mol. The molecule has 2 saturated heterocycles. The molecule has 3 aliphatic heterocycles. The number of hydrogen-bond acceptors (Lipinski definition) is 7. The van der Waals surface area contributed by atoms with Gasteiger partial charge >= 0.3 is 5.97 Å². The number of rotatable bonds is 3. The van der Waals surface area contributed by atoms with Crippen molar-refractivity contribution in [2.45, 2.75) is 70.6 Å². The number of likely N-dealkylation sites (N-methyl/N-ethyl adjacent to an activating group) is 1. The predicted molar refractivity (Wildman–Crippen MR) is 146 cm³/mol. The monoisotopic (exact) mass is 538 g/mol. The highest BCUT2D eigenvalue weighted by Crippen LogP contribution is 2.67. The van der Waals surface area contributed by atoms with E-state index < -0.39 is 34.5 Å². The van der Waals surface area contributed by atoms with Gasteiger partial charge in [0.05, 0.1) is 12.7 Å². The summed E-state index contributed by atoms with van der Waals surface area (Å²) >= 11 is 0. The number of carbonyl (C=O) groups is 2. The van der Waals surface area contributed by atoms with Gasteiger partial charge in [0.2, 0.25) is 0 Å². The molecule has 8 heteroatoms. The molecule has 4 fully saturated rings. The summed E-state index contributed by atoms with van der Waals surface area (Å²) in [6.45, 7) is 10.9. The lowest BCUT2D eigenvalue weighted by atomic mass is 9.45. The number of aliphatic hydroxyl groups is 3. The van der Waals surface area contributed by atoms with Gasteiger partial charge in [0, 0.05) is 23.2 Å². The third kappa shape index (κ3) is 3.09. The Kier molecular flexibility index (Phi) is 5.95. The van der Waals surface area contributed by atoms with Gasteiger partial charge in [0.1, 0.15) is 23.7 Å². The standard InChI is InChI=1S/C31H42N2O6/c1-17-6-8-22-21(12-17)31(26(37)32-22)30(25(36)15-39-27(30)38)19(14-33(31)5)13-20-18(2)7-9-23-28(20,3)11-10-24(35)29(23,4)16-34/h6,8,12,19-20,23-25,34-36H,2,7,9-11,13-16H2,1,3-5H3,(H,32,37)/t19?,20-,23+,24-,25+,28+,29+,30-,31+/m1/s1. The molecule has 0 bridgehead atoms. The topological polar surface area (TPSA) is 119 Å². The van der Waals surface area contributed by atoms with Crippen molar-refractivity contribution in [3.05, 3.63) is 41.5 Å². The molecule has 4 N–H and O–H groups in total. The smallest absolute Gasteiger partial charge is 0.318 e. The van der Waals surface area contributed by atoms with Crippen molar-refractivity contribution in [3.63, 3.8) is 0 Å². The number of aliphatic hydroxyl groups excluding tert-OH is 3. The number of amides is 1. The highest BCUT2D eigenvalue weighted by atomic mass is 16.6. The Morgan fingerprint density at radius 3 is 2.59 bits per heavy atom. The third-order valence-electron chi connectivity index (χ3n) is 11.9. The number of allylic oxidation sites excluding steroid dienone is 1. The quantitative estimate of drug-likeness (QED) is 0.345. The van der Waals surface area contributed by atoms with Gasteiger partial charge < -0.3 is 25.4 Å². The molecule has 2 spiro atoms. The summed E-state index contributed by atoms with van der Waals surface area (Å²) in [5.41, 5.74) is -0.260. The van der Waals surface area contributed by atoms with E-state index in [4.69, 9.17) is 4.74 Å². The van der Waals surface area contributed by atoms with E-state index in [-0.39, 0.29) is 42.3 Å². The molecular formula is C31H42N2O6. The fourth-order valence-corrected chi connectivity index (χ4v) is 9.96. The molecule has 2 saturated carbocycles. The summed E-state index contributed by atoms with van der Waals surface area (Å²) in [5, 5.41) is 36.1. The van der Waals surface area contributed by atoms with Gasteiger partial charge in [0.25, 0.3) is 5.91 Å². The van der Waals surface area contributed by atoms with Crippen molar-refractivity contribution in [3.8, 4) is 0 Å². The Morgan fingerprint density at radius 1 is 1.18 bits per heavy atom. The number of likely N-dealkylation sites (tertiary alicyclic amines) is 1. The minimum atomic E-state index is -1.47. The summed E-state index contributed by atoms with van der Waals surface area (Å²) in [7, 11) is 1.87. The predicted octanol–water partition coefficient (Wildman–Crippen LogP) is 2.74. The molecule has 9 atom stereocenters. The number of ether oxygens (including phenoxy) is 1. The maximum atomic E-state index is 14.0. The Balaban J connectivity index is 1.48. The lowest BCUT2D eigenvalue weighted by Crippen LogP contribution is -2.62. The maximum absolute atomic E-state index is 14.0. The first kappa shape index (κ1) is 26.9. The van der Waals surface area contributed by atoms with Gasteiger partial charge in [-0.3, -0.25) is 14.5 Å². The Bertz CT molecular complexity index is 1250. The maximum Gasteiger partial charge on any atom is 0.318 e. The molecule has 1 aromatic rings. The van der Waals surface area contributed by atoms with Crippen LogP contribution in [0.2, 0.25) is 0 Å². The number of benzene rings is 1. The van der Waals surface area contributed by atoms with Crippen LogP contribution in [0.5, 0.6) is 0 Å². The summed E-state index contributed by atoms with van der Waals surface area (Å²) in [6, 6.07) is 5.76. The first-order chi connectivity index (χ1) is 18.4. The fourth-order valence-electron chi connectivity index (χ4n) is 9.96. The van der Waals surface area contributed by atoms with E-state index in [1.807, 2.05) is 44.0 Å². The number of cyclic esters (lactones) is 1. The van der Waals surface area contributed by atoms with Gasteiger partial charge in [-0.2, -0.15) is 0 Å². The number of aryl methyl sites for hydroxylation is 1. The van der Waals surface area contributed by atoms with Crippen molar-refractivity contribution < 1.29 is 29.6 Å². The Labute approximate surface area is 230 Å².